The van der Waals surface area contributed by atoms with Gasteiger partial charge >= 0.3 is 0 Å². The summed E-state index contributed by atoms with van der Waals surface area (Å²) in [7, 11) is 1.82. The van der Waals surface area contributed by atoms with E-state index in [1.807, 2.05) is 38.2 Å². The van der Waals surface area contributed by atoms with Crippen LogP contribution in [0.15, 0.2) is 36.9 Å². The largest absolute Gasteiger partial charge is 0.364 e. The first-order chi connectivity index (χ1) is 11.6. The van der Waals surface area contributed by atoms with Crippen LogP contribution in [0.3, 0.4) is 0 Å². The van der Waals surface area contributed by atoms with Gasteiger partial charge in [0.05, 0.1) is 17.8 Å². The van der Waals surface area contributed by atoms with Gasteiger partial charge in [-0.3, -0.25) is 4.79 Å². The third-order valence-electron chi connectivity index (χ3n) is 4.63. The molecule has 0 bridgehead atoms. The van der Waals surface area contributed by atoms with Crippen molar-refractivity contribution in [2.75, 3.05) is 13.6 Å². The summed E-state index contributed by atoms with van der Waals surface area (Å²) < 4.78 is 7.41. The van der Waals surface area contributed by atoms with E-state index in [0.29, 0.717) is 6.54 Å². The monoisotopic (exact) mass is 365 g/mol. The second-order valence-electron chi connectivity index (χ2n) is 6.12. The molecule has 2 aromatic rings. The highest BCUT2D eigenvalue weighted by molar-refractivity contribution is 5.85. The van der Waals surface area contributed by atoms with E-state index in [2.05, 4.69) is 10.1 Å². The van der Waals surface area contributed by atoms with Crippen molar-refractivity contribution in [3.63, 3.8) is 0 Å². The summed E-state index contributed by atoms with van der Waals surface area (Å²) in [6, 6.07) is 7.90. The molecule has 2 heterocycles. The third kappa shape index (κ3) is 4.18. The van der Waals surface area contributed by atoms with E-state index in [4.69, 9.17) is 10.5 Å². The van der Waals surface area contributed by atoms with Gasteiger partial charge in [-0.1, -0.05) is 12.1 Å². The average Bonchev–Trinajstić information content (AvgIpc) is 3.31. The number of ether oxygens (including phenoxy) is 1. The highest BCUT2D eigenvalue weighted by atomic mass is 35.5. The Kier molecular flexibility index (Phi) is 6.52. The van der Waals surface area contributed by atoms with Gasteiger partial charge in [0.2, 0.25) is 0 Å². The Labute approximate surface area is 153 Å². The molecule has 136 valence electrons. The second-order valence-corrected chi connectivity index (χ2v) is 6.12. The lowest BCUT2D eigenvalue weighted by atomic mass is 10.1. The maximum absolute atomic E-state index is 12.6. The zero-order valence-corrected chi connectivity index (χ0v) is 15.2. The Morgan fingerprint density at radius 1 is 1.40 bits per heavy atom. The Hall–Kier alpha value is -1.96. The van der Waals surface area contributed by atoms with Crippen LogP contribution in [0.25, 0.3) is 5.69 Å². The minimum absolute atomic E-state index is 0. The summed E-state index contributed by atoms with van der Waals surface area (Å²) in [4.78, 5) is 18.3. The van der Waals surface area contributed by atoms with Crippen LogP contribution < -0.4 is 5.73 Å². The molecule has 0 aliphatic carbocycles. The number of nitrogens with zero attached hydrogens (tertiary/aromatic N) is 4. The van der Waals surface area contributed by atoms with Crippen LogP contribution in [-0.4, -0.2) is 51.4 Å². The molecule has 1 unspecified atom stereocenters. The molecule has 2 N–H and O–H groups in total. The van der Waals surface area contributed by atoms with Crippen LogP contribution in [0.5, 0.6) is 0 Å². The standard InChI is InChI=1S/C17H23N5O2.ClH/c1-12(21(2)17(23)16-8-7-15(9-18)24-16)13-3-5-14(6-4-13)22-11-19-10-20-22;/h3-6,10-12,15-16H,7-9,18H2,1-2H3;1H/t12?,15-,16+;/m1./s1. The van der Waals surface area contributed by atoms with Crippen molar-refractivity contribution >= 4 is 18.3 Å². The van der Waals surface area contributed by atoms with Crippen molar-refractivity contribution in [2.24, 2.45) is 5.73 Å². The van der Waals surface area contributed by atoms with Gasteiger partial charge in [-0.05, 0) is 37.5 Å². The zero-order valence-electron chi connectivity index (χ0n) is 14.4. The number of hydrogen-bond acceptors (Lipinski definition) is 5. The predicted octanol–water partition coefficient (Wildman–Crippen LogP) is 1.71. The van der Waals surface area contributed by atoms with Crippen molar-refractivity contribution in [3.05, 3.63) is 42.5 Å². The van der Waals surface area contributed by atoms with Crippen LogP contribution in [0.1, 0.15) is 31.4 Å². The van der Waals surface area contributed by atoms with Gasteiger partial charge in [-0.25, -0.2) is 9.67 Å². The number of likely N-dealkylation sites (N-methyl/N-ethyl adjacent to an activating group) is 1. The van der Waals surface area contributed by atoms with Crippen molar-refractivity contribution in [1.29, 1.82) is 0 Å². The molecule has 1 amide bonds. The number of benzene rings is 1. The van der Waals surface area contributed by atoms with Gasteiger partial charge in [-0.15, -0.1) is 12.4 Å². The normalized spacial score (nSPS) is 20.8. The molecule has 3 atom stereocenters. The fraction of sp³-hybridized carbons (Fsp3) is 0.471. The van der Waals surface area contributed by atoms with Gasteiger partial charge in [0.1, 0.15) is 18.8 Å². The Balaban J connectivity index is 0.00000225. The Morgan fingerprint density at radius 2 is 2.12 bits per heavy atom. The summed E-state index contributed by atoms with van der Waals surface area (Å²) in [6.07, 6.45) is 4.37. The van der Waals surface area contributed by atoms with E-state index in [9.17, 15) is 4.79 Å². The average molecular weight is 366 g/mol. The van der Waals surface area contributed by atoms with Gasteiger partial charge in [0, 0.05) is 13.6 Å². The minimum atomic E-state index is -0.375. The smallest absolute Gasteiger partial charge is 0.251 e. The topological polar surface area (TPSA) is 86.3 Å². The summed E-state index contributed by atoms with van der Waals surface area (Å²) in [5, 5.41) is 4.11. The van der Waals surface area contributed by atoms with Gasteiger partial charge in [0.25, 0.3) is 5.91 Å². The molecule has 0 spiro atoms. The molecule has 1 fully saturated rings. The molecule has 1 aliphatic rings. The minimum Gasteiger partial charge on any atom is -0.364 e. The van der Waals surface area contributed by atoms with Crippen molar-refractivity contribution in [1.82, 2.24) is 19.7 Å². The Bertz CT molecular complexity index is 677. The third-order valence-corrected chi connectivity index (χ3v) is 4.63. The fourth-order valence-corrected chi connectivity index (χ4v) is 2.95. The van der Waals surface area contributed by atoms with E-state index in [1.54, 1.807) is 15.9 Å². The number of hydrogen-bond donors (Lipinski definition) is 1. The molecule has 0 saturated carbocycles. The first-order valence-electron chi connectivity index (χ1n) is 8.17. The lowest BCUT2D eigenvalue weighted by molar-refractivity contribution is -0.143. The zero-order chi connectivity index (χ0) is 17.1. The molecule has 0 radical (unpaired) electrons. The number of nitrogens with two attached hydrogens (primary N) is 1. The van der Waals surface area contributed by atoms with Crippen molar-refractivity contribution in [2.45, 2.75) is 38.0 Å². The number of aromatic nitrogens is 3. The SMILES string of the molecule is CC(c1ccc(-n2cncn2)cc1)N(C)C(=O)[C@@H]1CC[C@H](CN)O1.Cl. The predicted molar refractivity (Wildman–Crippen MR) is 96.7 cm³/mol. The van der Waals surface area contributed by atoms with E-state index in [-0.39, 0.29) is 36.6 Å². The molecule has 1 saturated heterocycles. The molecule has 1 aromatic heterocycles. The Morgan fingerprint density at radius 3 is 2.68 bits per heavy atom. The molecule has 8 heteroatoms. The molecular weight excluding hydrogens is 342 g/mol. The summed E-state index contributed by atoms with van der Waals surface area (Å²) >= 11 is 0. The maximum atomic E-state index is 12.6. The highest BCUT2D eigenvalue weighted by Crippen LogP contribution is 2.25. The molecule has 1 aromatic carbocycles. The van der Waals surface area contributed by atoms with Gasteiger partial charge in [-0.2, -0.15) is 5.10 Å². The van der Waals surface area contributed by atoms with Gasteiger partial charge < -0.3 is 15.4 Å². The van der Waals surface area contributed by atoms with E-state index < -0.39 is 0 Å². The van der Waals surface area contributed by atoms with Crippen molar-refractivity contribution < 1.29 is 9.53 Å². The summed E-state index contributed by atoms with van der Waals surface area (Å²) in [5.74, 6) is 0.0128. The lowest BCUT2D eigenvalue weighted by Crippen LogP contribution is -2.38. The quantitative estimate of drug-likeness (QED) is 0.871. The molecule has 3 rings (SSSR count). The summed E-state index contributed by atoms with van der Waals surface area (Å²) in [5.41, 5.74) is 7.61. The highest BCUT2D eigenvalue weighted by Gasteiger charge is 2.33. The van der Waals surface area contributed by atoms with Gasteiger partial charge in [0.15, 0.2) is 0 Å². The number of halogens is 1. The number of amides is 1. The van der Waals surface area contributed by atoms with Crippen molar-refractivity contribution in [3.8, 4) is 5.69 Å². The number of carbonyl (C=O) groups excluding carboxylic acids is 1. The maximum Gasteiger partial charge on any atom is 0.251 e. The first-order valence-corrected chi connectivity index (χ1v) is 8.17. The van der Waals surface area contributed by atoms with Crippen LogP contribution >= 0.6 is 12.4 Å². The summed E-state index contributed by atoms with van der Waals surface area (Å²) in [6.45, 7) is 2.48. The molecule has 1 aliphatic heterocycles. The van der Waals surface area contributed by atoms with E-state index in [0.717, 1.165) is 24.1 Å². The second kappa shape index (κ2) is 8.42. The lowest BCUT2D eigenvalue weighted by Gasteiger charge is -2.28. The van der Waals surface area contributed by atoms with Crippen LogP contribution in [-0.2, 0) is 9.53 Å². The number of rotatable bonds is 5. The first kappa shape index (κ1) is 19.4. The molecular formula is C17H24ClN5O2. The fourth-order valence-electron chi connectivity index (χ4n) is 2.95. The van der Waals surface area contributed by atoms with Crippen LogP contribution in [0.4, 0.5) is 0 Å². The number of carbonyl (C=O) groups is 1. The molecule has 7 nitrogen and oxygen atoms in total. The van der Waals surface area contributed by atoms with E-state index >= 15 is 0 Å². The van der Waals surface area contributed by atoms with E-state index in [1.165, 1.54) is 6.33 Å². The van der Waals surface area contributed by atoms with Crippen LogP contribution in [0.2, 0.25) is 0 Å². The molecule has 25 heavy (non-hydrogen) atoms. The van der Waals surface area contributed by atoms with Crippen LogP contribution in [0, 0.1) is 0 Å².